The van der Waals surface area contributed by atoms with Gasteiger partial charge in [0.05, 0.1) is 20.0 Å². The average Bonchev–Trinajstić information content (AvgIpc) is 2.47. The van der Waals surface area contributed by atoms with E-state index in [0.717, 1.165) is 24.8 Å². The molecule has 0 bridgehead atoms. The minimum absolute atomic E-state index is 0.0227. The zero-order valence-corrected chi connectivity index (χ0v) is 12.2. The Bertz CT molecular complexity index is 515. The molecule has 1 aliphatic heterocycles. The number of benzene rings is 1. The van der Waals surface area contributed by atoms with Crippen LogP contribution in [-0.4, -0.2) is 41.6 Å². The summed E-state index contributed by atoms with van der Waals surface area (Å²) in [6.45, 7) is 0.645. The molecule has 21 heavy (non-hydrogen) atoms. The molecular weight excluding hydrogens is 270 g/mol. The summed E-state index contributed by atoms with van der Waals surface area (Å²) in [5, 5.41) is 8.98. The number of carboxylic acids is 1. The molecule has 1 atom stereocenters. The van der Waals surface area contributed by atoms with E-state index in [1.54, 1.807) is 12.0 Å². The van der Waals surface area contributed by atoms with E-state index in [1.165, 1.54) is 0 Å². The Labute approximate surface area is 124 Å². The quantitative estimate of drug-likeness (QED) is 0.902. The van der Waals surface area contributed by atoms with Gasteiger partial charge in [0.25, 0.3) is 0 Å². The Morgan fingerprint density at radius 3 is 2.81 bits per heavy atom. The van der Waals surface area contributed by atoms with Crippen molar-refractivity contribution in [1.82, 2.24) is 4.90 Å². The predicted octanol–water partition coefficient (Wildman–Crippen LogP) is 2.09. The highest BCUT2D eigenvalue weighted by molar-refractivity contribution is 5.80. The number of nitrogens with zero attached hydrogens (tertiary/aromatic N) is 1. The summed E-state index contributed by atoms with van der Waals surface area (Å²) < 4.78 is 5.26. The molecular formula is C16H21NO4. The van der Waals surface area contributed by atoms with E-state index in [4.69, 9.17) is 9.84 Å². The summed E-state index contributed by atoms with van der Waals surface area (Å²) >= 11 is 0. The summed E-state index contributed by atoms with van der Waals surface area (Å²) in [6.07, 6.45) is 2.96. The molecule has 1 amide bonds. The highest BCUT2D eigenvalue weighted by Crippen LogP contribution is 2.23. The van der Waals surface area contributed by atoms with Crippen LogP contribution in [0.1, 0.15) is 31.2 Å². The van der Waals surface area contributed by atoms with Gasteiger partial charge in [0.2, 0.25) is 5.91 Å². The van der Waals surface area contributed by atoms with Crippen LogP contribution in [0.2, 0.25) is 0 Å². The third-order valence-corrected chi connectivity index (χ3v) is 3.89. The molecule has 1 heterocycles. The second-order valence-corrected chi connectivity index (χ2v) is 5.32. The van der Waals surface area contributed by atoms with E-state index in [0.29, 0.717) is 12.3 Å². The number of ether oxygens (including phenoxy) is 1. The fourth-order valence-corrected chi connectivity index (χ4v) is 2.86. The number of aliphatic carboxylic acids is 1. The number of hydrogen-bond acceptors (Lipinski definition) is 3. The maximum Gasteiger partial charge on any atom is 0.305 e. The van der Waals surface area contributed by atoms with Crippen LogP contribution in [0.15, 0.2) is 24.3 Å². The summed E-state index contributed by atoms with van der Waals surface area (Å²) in [5.74, 6) is -0.180. The molecule has 5 nitrogen and oxygen atoms in total. The Kier molecular flexibility index (Phi) is 5.20. The zero-order chi connectivity index (χ0) is 15.2. The first kappa shape index (κ1) is 15.4. The van der Waals surface area contributed by atoms with Crippen molar-refractivity contribution in [2.24, 2.45) is 0 Å². The molecule has 0 aliphatic carbocycles. The van der Waals surface area contributed by atoms with Crippen LogP contribution in [0.5, 0.6) is 5.75 Å². The highest BCUT2D eigenvalue weighted by atomic mass is 16.5. The molecule has 0 radical (unpaired) electrons. The number of rotatable bonds is 5. The van der Waals surface area contributed by atoms with Gasteiger partial charge in [-0.15, -0.1) is 0 Å². The molecule has 1 aromatic carbocycles. The van der Waals surface area contributed by atoms with Crippen LogP contribution in [0, 0.1) is 0 Å². The molecule has 5 heteroatoms. The number of para-hydroxylation sites is 1. The van der Waals surface area contributed by atoms with Gasteiger partial charge in [0.1, 0.15) is 5.75 Å². The van der Waals surface area contributed by atoms with Crippen molar-refractivity contribution in [3.05, 3.63) is 29.8 Å². The Balaban J connectivity index is 2.08. The van der Waals surface area contributed by atoms with Crippen molar-refractivity contribution in [2.75, 3.05) is 13.7 Å². The number of carbonyl (C=O) groups excluding carboxylic acids is 1. The van der Waals surface area contributed by atoms with Gasteiger partial charge in [0, 0.05) is 18.2 Å². The minimum Gasteiger partial charge on any atom is -0.496 e. The summed E-state index contributed by atoms with van der Waals surface area (Å²) in [4.78, 5) is 25.2. The molecule has 2 rings (SSSR count). The molecule has 1 aliphatic rings. The maximum absolute atomic E-state index is 12.5. The molecule has 0 aromatic heterocycles. The molecule has 114 valence electrons. The van der Waals surface area contributed by atoms with Crippen LogP contribution in [0.25, 0.3) is 0 Å². The smallest absolute Gasteiger partial charge is 0.305 e. The van der Waals surface area contributed by atoms with Crippen LogP contribution >= 0.6 is 0 Å². The lowest BCUT2D eigenvalue weighted by Gasteiger charge is -2.35. The number of hydrogen-bond donors (Lipinski definition) is 1. The normalized spacial score (nSPS) is 18.3. The molecule has 0 saturated carbocycles. The van der Waals surface area contributed by atoms with Gasteiger partial charge in [-0.25, -0.2) is 0 Å². The lowest BCUT2D eigenvalue weighted by Crippen LogP contribution is -2.45. The Morgan fingerprint density at radius 2 is 2.10 bits per heavy atom. The van der Waals surface area contributed by atoms with E-state index < -0.39 is 5.97 Å². The molecule has 1 N–H and O–H groups in total. The van der Waals surface area contributed by atoms with Gasteiger partial charge < -0.3 is 14.7 Å². The van der Waals surface area contributed by atoms with E-state index in [1.807, 2.05) is 24.3 Å². The lowest BCUT2D eigenvalue weighted by molar-refractivity contribution is -0.141. The second kappa shape index (κ2) is 7.11. The van der Waals surface area contributed by atoms with Gasteiger partial charge in [0.15, 0.2) is 0 Å². The fourth-order valence-electron chi connectivity index (χ4n) is 2.86. The molecule has 1 unspecified atom stereocenters. The largest absolute Gasteiger partial charge is 0.496 e. The van der Waals surface area contributed by atoms with Crippen molar-refractivity contribution in [3.8, 4) is 5.75 Å². The third-order valence-electron chi connectivity index (χ3n) is 3.89. The fraction of sp³-hybridized carbons (Fsp3) is 0.500. The first-order valence-electron chi connectivity index (χ1n) is 7.25. The monoisotopic (exact) mass is 291 g/mol. The van der Waals surface area contributed by atoms with Crippen molar-refractivity contribution in [1.29, 1.82) is 0 Å². The Hall–Kier alpha value is -2.04. The zero-order valence-electron chi connectivity index (χ0n) is 12.2. The predicted molar refractivity (Wildman–Crippen MR) is 78.3 cm³/mol. The van der Waals surface area contributed by atoms with Gasteiger partial charge in [-0.3, -0.25) is 9.59 Å². The SMILES string of the molecule is COc1ccccc1CC(=O)N1CCCCC1CC(=O)O. The van der Waals surface area contributed by atoms with Crippen LogP contribution < -0.4 is 4.74 Å². The highest BCUT2D eigenvalue weighted by Gasteiger charge is 2.28. The van der Waals surface area contributed by atoms with Crippen molar-refractivity contribution in [3.63, 3.8) is 0 Å². The van der Waals surface area contributed by atoms with Crippen molar-refractivity contribution < 1.29 is 19.4 Å². The summed E-state index contributed by atoms with van der Waals surface area (Å²) in [7, 11) is 1.58. The van der Waals surface area contributed by atoms with E-state index >= 15 is 0 Å². The Morgan fingerprint density at radius 1 is 1.33 bits per heavy atom. The van der Waals surface area contributed by atoms with Crippen LogP contribution in [0.4, 0.5) is 0 Å². The standard InChI is InChI=1S/C16H21NO4/c1-21-14-8-3-2-6-12(14)10-15(18)17-9-5-4-7-13(17)11-16(19)20/h2-3,6,8,13H,4-5,7,9-11H2,1H3,(H,19,20). The molecule has 1 saturated heterocycles. The minimum atomic E-state index is -0.850. The maximum atomic E-state index is 12.5. The second-order valence-electron chi connectivity index (χ2n) is 5.32. The lowest BCUT2D eigenvalue weighted by atomic mass is 9.98. The van der Waals surface area contributed by atoms with Crippen molar-refractivity contribution in [2.45, 2.75) is 38.1 Å². The first-order valence-corrected chi connectivity index (χ1v) is 7.25. The van der Waals surface area contributed by atoms with Crippen LogP contribution in [-0.2, 0) is 16.0 Å². The van der Waals surface area contributed by atoms with E-state index in [9.17, 15) is 9.59 Å². The molecule has 0 spiro atoms. The number of carboxylic acid groups (broad SMARTS) is 1. The topological polar surface area (TPSA) is 66.8 Å². The molecule has 1 fully saturated rings. The number of piperidine rings is 1. The van der Waals surface area contributed by atoms with Gasteiger partial charge >= 0.3 is 5.97 Å². The summed E-state index contributed by atoms with van der Waals surface area (Å²) in [5.41, 5.74) is 0.838. The number of likely N-dealkylation sites (tertiary alicyclic amines) is 1. The third kappa shape index (κ3) is 3.97. The van der Waals surface area contributed by atoms with Crippen molar-refractivity contribution >= 4 is 11.9 Å². The number of amides is 1. The summed E-state index contributed by atoms with van der Waals surface area (Å²) in [6, 6.07) is 7.25. The van der Waals surface area contributed by atoms with Gasteiger partial charge in [-0.1, -0.05) is 18.2 Å². The average molecular weight is 291 g/mol. The number of carbonyl (C=O) groups is 2. The van der Waals surface area contributed by atoms with E-state index in [2.05, 4.69) is 0 Å². The van der Waals surface area contributed by atoms with Gasteiger partial charge in [-0.2, -0.15) is 0 Å². The number of methoxy groups -OCH3 is 1. The molecule has 1 aromatic rings. The van der Waals surface area contributed by atoms with E-state index in [-0.39, 0.29) is 24.8 Å². The van der Waals surface area contributed by atoms with Crippen LogP contribution in [0.3, 0.4) is 0 Å². The first-order chi connectivity index (χ1) is 10.1. The van der Waals surface area contributed by atoms with Gasteiger partial charge in [-0.05, 0) is 25.3 Å².